The quantitative estimate of drug-likeness (QED) is 0.371. The number of fused-ring (bicyclic) bond motifs is 1. The smallest absolute Gasteiger partial charge is 0.345 e. The third-order valence-electron chi connectivity index (χ3n) is 5.21. The highest BCUT2D eigenvalue weighted by Crippen LogP contribution is 2.32. The van der Waals surface area contributed by atoms with Crippen molar-refractivity contribution in [3.05, 3.63) is 58.8 Å². The zero-order valence-electron chi connectivity index (χ0n) is 18.3. The number of nitrogens with two attached hydrogens (primary N) is 1. The summed E-state index contributed by atoms with van der Waals surface area (Å²) < 4.78 is 35.0. The van der Waals surface area contributed by atoms with Crippen molar-refractivity contribution < 1.29 is 23.0 Å². The van der Waals surface area contributed by atoms with Crippen LogP contribution in [-0.2, 0) is 24.3 Å². The molecule has 0 fully saturated rings. The van der Waals surface area contributed by atoms with E-state index in [0.717, 1.165) is 30.6 Å². The van der Waals surface area contributed by atoms with Gasteiger partial charge in [-0.05, 0) is 42.3 Å². The van der Waals surface area contributed by atoms with Crippen LogP contribution in [0.15, 0.2) is 36.4 Å². The Morgan fingerprint density at radius 1 is 1.18 bits per heavy atom. The third kappa shape index (κ3) is 5.35. The molecule has 2 heterocycles. The first-order valence-corrected chi connectivity index (χ1v) is 10.4. The number of para-hydroxylation sites is 1. The molecule has 1 aromatic heterocycles. The third-order valence-corrected chi connectivity index (χ3v) is 5.21. The molecule has 4 rings (SSSR count). The Morgan fingerprint density at radius 2 is 2.00 bits per heavy atom. The van der Waals surface area contributed by atoms with Gasteiger partial charge < -0.3 is 31.2 Å². The van der Waals surface area contributed by atoms with Crippen LogP contribution in [0.3, 0.4) is 0 Å². The van der Waals surface area contributed by atoms with E-state index in [2.05, 4.69) is 35.9 Å². The second kappa shape index (κ2) is 10.4. The van der Waals surface area contributed by atoms with Crippen LogP contribution in [0.2, 0.25) is 0 Å². The van der Waals surface area contributed by atoms with Gasteiger partial charge in [-0.2, -0.15) is 13.8 Å². The van der Waals surface area contributed by atoms with Crippen molar-refractivity contribution in [2.24, 2.45) is 5.73 Å². The second-order valence-electron chi connectivity index (χ2n) is 7.42. The second-order valence-corrected chi connectivity index (χ2v) is 7.42. The summed E-state index contributed by atoms with van der Waals surface area (Å²) in [7, 11) is 1.56. The van der Waals surface area contributed by atoms with Crippen LogP contribution in [0.5, 0.6) is 5.75 Å². The van der Waals surface area contributed by atoms with Crippen LogP contribution in [0.4, 0.5) is 31.9 Å². The molecule has 10 nitrogen and oxygen atoms in total. The molecule has 178 valence electrons. The lowest BCUT2D eigenvalue weighted by Crippen LogP contribution is -2.23. The van der Waals surface area contributed by atoms with Crippen molar-refractivity contribution in [1.29, 1.82) is 0 Å². The first-order valence-electron chi connectivity index (χ1n) is 10.4. The van der Waals surface area contributed by atoms with Crippen LogP contribution in [0.25, 0.3) is 0 Å². The van der Waals surface area contributed by atoms with Gasteiger partial charge in [-0.3, -0.25) is 4.79 Å². The van der Waals surface area contributed by atoms with E-state index in [1.54, 1.807) is 31.4 Å². The molecule has 0 atom stereocenters. The fourth-order valence-corrected chi connectivity index (χ4v) is 3.58. The predicted octanol–water partition coefficient (Wildman–Crippen LogP) is 2.85. The van der Waals surface area contributed by atoms with E-state index in [1.807, 2.05) is 12.1 Å². The molecule has 0 radical (unpaired) electrons. The van der Waals surface area contributed by atoms with E-state index < -0.39 is 12.5 Å². The maximum atomic E-state index is 12.5. The number of hydrogen-bond acceptors (Lipinski definition) is 9. The molecule has 0 spiro atoms. The minimum absolute atomic E-state index is 0.00984. The zero-order valence-corrected chi connectivity index (χ0v) is 18.3. The predicted molar refractivity (Wildman–Crippen MR) is 121 cm³/mol. The van der Waals surface area contributed by atoms with Gasteiger partial charge in [0.05, 0.1) is 19.4 Å². The van der Waals surface area contributed by atoms with Crippen LogP contribution >= 0.6 is 0 Å². The van der Waals surface area contributed by atoms with E-state index in [0.29, 0.717) is 22.7 Å². The minimum atomic E-state index is -2.92. The Kier molecular flexibility index (Phi) is 7.09. The maximum Gasteiger partial charge on any atom is 0.345 e. The Balaban J connectivity index is 1.65. The molecule has 1 aliphatic rings. The molecule has 0 aliphatic carbocycles. The number of benzene rings is 2. The van der Waals surface area contributed by atoms with E-state index in [-0.39, 0.29) is 24.1 Å². The summed E-state index contributed by atoms with van der Waals surface area (Å²) >= 11 is 0. The van der Waals surface area contributed by atoms with Gasteiger partial charge in [-0.1, -0.05) is 18.2 Å². The van der Waals surface area contributed by atoms with Crippen molar-refractivity contribution in [2.45, 2.75) is 26.2 Å². The fraction of sp³-hybridized carbons (Fsp3) is 0.273. The number of alkyl halides is 2. The van der Waals surface area contributed by atoms with Crippen LogP contribution in [-0.4, -0.2) is 41.4 Å². The molecule has 0 saturated carbocycles. The van der Waals surface area contributed by atoms with E-state index >= 15 is 0 Å². The first-order chi connectivity index (χ1) is 16.4. The van der Waals surface area contributed by atoms with E-state index in [9.17, 15) is 13.6 Å². The van der Waals surface area contributed by atoms with Gasteiger partial charge in [0.1, 0.15) is 5.75 Å². The number of nitrogens with zero attached hydrogens (tertiary/aromatic N) is 3. The van der Waals surface area contributed by atoms with Crippen molar-refractivity contribution in [2.75, 3.05) is 24.3 Å². The number of carbonyl (C=O) groups is 1. The lowest BCUT2D eigenvalue weighted by Gasteiger charge is -2.20. The van der Waals surface area contributed by atoms with Crippen molar-refractivity contribution in [3.63, 3.8) is 0 Å². The number of carbonyl (C=O) groups excluding carboxylic acids is 1. The number of anilines is 4. The number of halogens is 2. The summed E-state index contributed by atoms with van der Waals surface area (Å²) in [5.74, 6) is -0.167. The largest absolute Gasteiger partial charge is 0.495 e. The summed E-state index contributed by atoms with van der Waals surface area (Å²) in [4.78, 5) is 16.3. The molecule has 0 saturated heterocycles. The summed E-state index contributed by atoms with van der Waals surface area (Å²) in [6.45, 7) is -1.65. The number of hydrogen-bond donors (Lipinski definition) is 4. The average Bonchev–Trinajstić information content (AvgIpc) is 2.83. The Labute approximate surface area is 193 Å². The van der Waals surface area contributed by atoms with E-state index in [4.69, 9.17) is 10.5 Å². The number of rotatable bonds is 9. The molecule has 3 aromatic rings. The highest BCUT2D eigenvalue weighted by Gasteiger charge is 2.19. The molecular formula is C22H23F2N7O3. The Morgan fingerprint density at radius 3 is 2.76 bits per heavy atom. The van der Waals surface area contributed by atoms with Crippen LogP contribution in [0, 0.1) is 0 Å². The lowest BCUT2D eigenvalue weighted by molar-refractivity contribution is -0.137. The highest BCUT2D eigenvalue weighted by molar-refractivity contribution is 5.96. The number of aromatic nitrogens is 3. The monoisotopic (exact) mass is 471 g/mol. The summed E-state index contributed by atoms with van der Waals surface area (Å²) in [6.07, 6.45) is 0.859. The number of methoxy groups -OCH3 is 1. The van der Waals surface area contributed by atoms with Crippen LogP contribution in [0.1, 0.15) is 27.2 Å². The first kappa shape index (κ1) is 23.3. The summed E-state index contributed by atoms with van der Waals surface area (Å²) in [5.41, 5.74) is 8.99. The molecule has 2 aromatic carbocycles. The van der Waals surface area contributed by atoms with Crippen molar-refractivity contribution in [1.82, 2.24) is 20.5 Å². The molecule has 34 heavy (non-hydrogen) atoms. The van der Waals surface area contributed by atoms with Crippen molar-refractivity contribution in [3.8, 4) is 5.75 Å². The van der Waals surface area contributed by atoms with Crippen LogP contribution < -0.4 is 26.4 Å². The average molecular weight is 471 g/mol. The molecule has 1 aliphatic heterocycles. The van der Waals surface area contributed by atoms with Gasteiger partial charge in [0, 0.05) is 17.8 Å². The van der Waals surface area contributed by atoms with Gasteiger partial charge >= 0.3 is 6.61 Å². The minimum Gasteiger partial charge on any atom is -0.495 e. The number of amides is 1. The van der Waals surface area contributed by atoms with Gasteiger partial charge in [-0.25, -0.2) is 0 Å². The van der Waals surface area contributed by atoms with Crippen molar-refractivity contribution >= 4 is 29.0 Å². The summed E-state index contributed by atoms with van der Waals surface area (Å²) in [6, 6.07) is 10.5. The molecule has 0 bridgehead atoms. The van der Waals surface area contributed by atoms with Gasteiger partial charge in [0.2, 0.25) is 5.95 Å². The molecular weight excluding hydrogens is 448 g/mol. The SMILES string of the molecule is COc1cc2c(cc1Nc1nnc(C(N)=O)c(Nc3ccccc3COC(F)F)n1)CCNC2. The standard InChI is InChI=1S/C22H23F2N7O3/c1-33-17-9-14-10-26-7-6-12(14)8-16(17)28-22-29-20(18(19(25)32)30-31-22)27-15-5-3-2-4-13(15)11-34-21(23)24/h2-5,8-9,21,26H,6-7,10-11H2,1H3,(H2,25,32)(H2,27,28,29,31). The van der Waals surface area contributed by atoms with Gasteiger partial charge in [0.25, 0.3) is 5.91 Å². The topological polar surface area (TPSA) is 136 Å². The van der Waals surface area contributed by atoms with E-state index in [1.165, 1.54) is 0 Å². The number of nitrogens with one attached hydrogen (secondary N) is 3. The lowest BCUT2D eigenvalue weighted by atomic mass is 10.00. The highest BCUT2D eigenvalue weighted by atomic mass is 19.3. The molecule has 0 unspecified atom stereocenters. The maximum absolute atomic E-state index is 12.5. The fourth-order valence-electron chi connectivity index (χ4n) is 3.58. The zero-order chi connectivity index (χ0) is 24.1. The Bertz CT molecular complexity index is 1190. The van der Waals surface area contributed by atoms with Gasteiger partial charge in [0.15, 0.2) is 11.5 Å². The number of primary amides is 1. The molecule has 12 heteroatoms. The molecule has 1 amide bonds. The Hall–Kier alpha value is -3.90. The number of ether oxygens (including phenoxy) is 2. The normalized spacial score (nSPS) is 12.8. The molecule has 5 N–H and O–H groups in total. The van der Waals surface area contributed by atoms with Gasteiger partial charge in [-0.15, -0.1) is 10.2 Å². The summed E-state index contributed by atoms with van der Waals surface area (Å²) in [5, 5.41) is 17.2.